The first-order chi connectivity index (χ1) is 14.7. The molecule has 0 saturated carbocycles. The minimum atomic E-state index is -0.0569. The fraction of sp³-hybridized carbons (Fsp3) is 0.292. The molecule has 2 aromatic carbocycles. The third-order valence-corrected chi connectivity index (χ3v) is 5.54. The number of rotatable bonds is 6. The number of nitrogens with one attached hydrogen (secondary N) is 1. The van der Waals surface area contributed by atoms with Crippen molar-refractivity contribution in [2.75, 3.05) is 28.4 Å². The summed E-state index contributed by atoms with van der Waals surface area (Å²) in [5.74, 6) is 2.88. The maximum atomic E-state index is 5.57. The highest BCUT2D eigenvalue weighted by atomic mass is 16.5. The van der Waals surface area contributed by atoms with Crippen LogP contribution in [-0.2, 0) is 6.42 Å². The minimum Gasteiger partial charge on any atom is -0.497 e. The summed E-state index contributed by atoms with van der Waals surface area (Å²) in [4.78, 5) is 4.39. The summed E-state index contributed by atoms with van der Waals surface area (Å²) in [6.07, 6.45) is 2.52. The van der Waals surface area contributed by atoms with E-state index in [0.717, 1.165) is 34.6 Å². The Morgan fingerprint density at radius 2 is 1.63 bits per heavy atom. The van der Waals surface area contributed by atoms with E-state index in [1.807, 2.05) is 18.2 Å². The van der Waals surface area contributed by atoms with Crippen LogP contribution in [-0.4, -0.2) is 33.4 Å². The number of hydrogen-bond acceptors (Lipinski definition) is 6. The standard InChI is InChI=1S/C24H26N2O4/c1-27-17-8-5-7-15(11-17)23-19-14-22(29-3)21(28-2)13-16(19)12-20(26-23)18-9-6-10-25-24(18)30-4/h5-11,13-14,20,23,26H,12H2,1-4H3/t20-,23-/m1/s1. The van der Waals surface area contributed by atoms with Gasteiger partial charge in [0.15, 0.2) is 11.5 Å². The van der Waals surface area contributed by atoms with Crippen LogP contribution in [0.15, 0.2) is 54.7 Å². The first-order valence-corrected chi connectivity index (χ1v) is 9.82. The summed E-state index contributed by atoms with van der Waals surface area (Å²) in [7, 11) is 6.64. The molecule has 1 aliphatic rings. The second-order valence-corrected chi connectivity index (χ2v) is 7.14. The summed E-state index contributed by atoms with van der Waals surface area (Å²) in [6.45, 7) is 0. The molecule has 2 atom stereocenters. The van der Waals surface area contributed by atoms with Gasteiger partial charge in [0.25, 0.3) is 0 Å². The molecule has 0 aliphatic carbocycles. The van der Waals surface area contributed by atoms with Crippen LogP contribution in [0.2, 0.25) is 0 Å². The Morgan fingerprint density at radius 3 is 2.37 bits per heavy atom. The van der Waals surface area contributed by atoms with Gasteiger partial charge in [-0.25, -0.2) is 4.98 Å². The molecule has 6 nitrogen and oxygen atoms in total. The van der Waals surface area contributed by atoms with Crippen molar-refractivity contribution in [1.29, 1.82) is 0 Å². The number of pyridine rings is 1. The van der Waals surface area contributed by atoms with Crippen LogP contribution in [0.5, 0.6) is 23.1 Å². The van der Waals surface area contributed by atoms with E-state index in [2.05, 4.69) is 40.6 Å². The molecule has 0 spiro atoms. The molecule has 0 saturated heterocycles. The van der Waals surface area contributed by atoms with E-state index < -0.39 is 0 Å². The molecule has 30 heavy (non-hydrogen) atoms. The van der Waals surface area contributed by atoms with E-state index >= 15 is 0 Å². The van der Waals surface area contributed by atoms with Crippen molar-refractivity contribution in [2.45, 2.75) is 18.5 Å². The number of methoxy groups -OCH3 is 4. The number of ether oxygens (including phenoxy) is 4. The van der Waals surface area contributed by atoms with Crippen LogP contribution in [0, 0.1) is 0 Å². The van der Waals surface area contributed by atoms with Gasteiger partial charge in [-0.1, -0.05) is 18.2 Å². The van der Waals surface area contributed by atoms with Crippen molar-refractivity contribution < 1.29 is 18.9 Å². The minimum absolute atomic E-state index is 0.0236. The first-order valence-electron chi connectivity index (χ1n) is 9.82. The van der Waals surface area contributed by atoms with Crippen molar-refractivity contribution in [1.82, 2.24) is 10.3 Å². The largest absolute Gasteiger partial charge is 0.497 e. The van der Waals surface area contributed by atoms with Crippen LogP contribution in [0.25, 0.3) is 0 Å². The van der Waals surface area contributed by atoms with E-state index in [0.29, 0.717) is 11.6 Å². The normalized spacial score (nSPS) is 17.7. The number of fused-ring (bicyclic) bond motifs is 1. The van der Waals surface area contributed by atoms with Crippen LogP contribution in [0.3, 0.4) is 0 Å². The fourth-order valence-corrected chi connectivity index (χ4v) is 4.09. The Bertz CT molecular complexity index is 1040. The lowest BCUT2D eigenvalue weighted by atomic mass is 9.84. The SMILES string of the molecule is COc1cccc([C@H]2N[C@@H](c3cccnc3OC)Cc3cc(OC)c(OC)cc32)c1. The summed E-state index contributed by atoms with van der Waals surface area (Å²) in [6, 6.07) is 16.2. The van der Waals surface area contributed by atoms with Gasteiger partial charge in [-0.2, -0.15) is 0 Å². The fourth-order valence-electron chi connectivity index (χ4n) is 4.09. The average Bonchev–Trinajstić information content (AvgIpc) is 2.82. The molecular formula is C24H26N2O4. The summed E-state index contributed by atoms with van der Waals surface area (Å²) < 4.78 is 22.1. The Kier molecular flexibility index (Phi) is 5.77. The van der Waals surface area contributed by atoms with E-state index in [4.69, 9.17) is 18.9 Å². The van der Waals surface area contributed by atoms with Gasteiger partial charge in [0.1, 0.15) is 5.75 Å². The van der Waals surface area contributed by atoms with Gasteiger partial charge in [-0.15, -0.1) is 0 Å². The molecule has 4 rings (SSSR count). The molecule has 0 radical (unpaired) electrons. The zero-order valence-corrected chi connectivity index (χ0v) is 17.6. The average molecular weight is 406 g/mol. The zero-order valence-electron chi connectivity index (χ0n) is 17.6. The number of hydrogen-bond donors (Lipinski definition) is 1. The van der Waals surface area contributed by atoms with E-state index in [1.54, 1.807) is 34.6 Å². The Hall–Kier alpha value is -3.25. The van der Waals surface area contributed by atoms with E-state index in [9.17, 15) is 0 Å². The van der Waals surface area contributed by atoms with Crippen LogP contribution >= 0.6 is 0 Å². The molecule has 1 aliphatic heterocycles. The summed E-state index contributed by atoms with van der Waals surface area (Å²) in [5, 5.41) is 3.79. The van der Waals surface area contributed by atoms with Gasteiger partial charge in [0.2, 0.25) is 5.88 Å². The Balaban J connectivity index is 1.85. The number of nitrogens with zero attached hydrogens (tertiary/aromatic N) is 1. The van der Waals surface area contributed by atoms with E-state index in [1.165, 1.54) is 5.56 Å². The molecule has 0 unspecified atom stereocenters. The van der Waals surface area contributed by atoms with Gasteiger partial charge < -0.3 is 18.9 Å². The van der Waals surface area contributed by atoms with Gasteiger partial charge in [-0.3, -0.25) is 5.32 Å². The number of aromatic nitrogens is 1. The lowest BCUT2D eigenvalue weighted by Gasteiger charge is -2.35. The topological polar surface area (TPSA) is 61.8 Å². The molecule has 2 heterocycles. The highest BCUT2D eigenvalue weighted by Crippen LogP contribution is 2.42. The molecule has 156 valence electrons. The van der Waals surface area contributed by atoms with Gasteiger partial charge in [-0.05, 0) is 53.4 Å². The van der Waals surface area contributed by atoms with Gasteiger partial charge >= 0.3 is 0 Å². The lowest BCUT2D eigenvalue weighted by Crippen LogP contribution is -2.34. The van der Waals surface area contributed by atoms with Crippen molar-refractivity contribution in [3.05, 3.63) is 77.0 Å². The van der Waals surface area contributed by atoms with E-state index in [-0.39, 0.29) is 12.1 Å². The Labute approximate surface area is 176 Å². The second-order valence-electron chi connectivity index (χ2n) is 7.14. The maximum Gasteiger partial charge on any atom is 0.217 e. The third kappa shape index (κ3) is 3.66. The highest BCUT2D eigenvalue weighted by molar-refractivity contribution is 5.53. The van der Waals surface area contributed by atoms with Crippen LogP contribution in [0.1, 0.15) is 34.3 Å². The molecule has 0 amide bonds. The molecule has 1 aromatic heterocycles. The summed E-state index contributed by atoms with van der Waals surface area (Å²) in [5.41, 5.74) is 4.47. The van der Waals surface area contributed by atoms with Gasteiger partial charge in [0.05, 0.1) is 34.5 Å². The molecule has 0 bridgehead atoms. The van der Waals surface area contributed by atoms with Crippen LogP contribution < -0.4 is 24.3 Å². The van der Waals surface area contributed by atoms with Crippen molar-refractivity contribution >= 4 is 0 Å². The Morgan fingerprint density at radius 1 is 0.833 bits per heavy atom. The van der Waals surface area contributed by atoms with Crippen molar-refractivity contribution in [3.63, 3.8) is 0 Å². The van der Waals surface area contributed by atoms with Crippen molar-refractivity contribution in [3.8, 4) is 23.1 Å². The predicted octanol–water partition coefficient (Wildman–Crippen LogP) is 4.09. The molecule has 0 fully saturated rings. The molecular weight excluding hydrogens is 380 g/mol. The number of benzene rings is 2. The first kappa shape index (κ1) is 20.0. The van der Waals surface area contributed by atoms with Crippen molar-refractivity contribution in [2.24, 2.45) is 0 Å². The van der Waals surface area contributed by atoms with Crippen LogP contribution in [0.4, 0.5) is 0 Å². The summed E-state index contributed by atoms with van der Waals surface area (Å²) >= 11 is 0. The second kappa shape index (κ2) is 8.63. The zero-order chi connectivity index (χ0) is 21.1. The smallest absolute Gasteiger partial charge is 0.217 e. The molecule has 3 aromatic rings. The monoisotopic (exact) mass is 406 g/mol. The highest BCUT2D eigenvalue weighted by Gasteiger charge is 2.31. The van der Waals surface area contributed by atoms with Gasteiger partial charge in [0, 0.05) is 17.8 Å². The third-order valence-electron chi connectivity index (χ3n) is 5.54. The predicted molar refractivity (Wildman–Crippen MR) is 115 cm³/mol. The molecule has 1 N–H and O–H groups in total. The quantitative estimate of drug-likeness (QED) is 0.665. The molecule has 6 heteroatoms. The lowest BCUT2D eigenvalue weighted by molar-refractivity contribution is 0.349. The maximum absolute atomic E-state index is 5.57.